The van der Waals surface area contributed by atoms with Gasteiger partial charge in [-0.3, -0.25) is 0 Å². The van der Waals surface area contributed by atoms with E-state index in [9.17, 15) is 8.42 Å². The van der Waals surface area contributed by atoms with Crippen LogP contribution in [0.1, 0.15) is 18.4 Å². The molecule has 1 aromatic rings. The number of hydrogen-bond donors (Lipinski definition) is 2. The Morgan fingerprint density at radius 2 is 1.72 bits per heavy atom. The number of rotatable bonds is 3. The maximum Gasteiger partial charge on any atom is 0.243 e. The first-order valence-electron chi connectivity index (χ1n) is 6.09. The van der Waals surface area contributed by atoms with Crippen LogP contribution in [0.25, 0.3) is 0 Å². The zero-order chi connectivity index (χ0) is 13.2. The molecule has 0 bridgehead atoms. The zero-order valence-corrected chi connectivity index (χ0v) is 11.1. The van der Waals surface area contributed by atoms with Crippen LogP contribution in [0, 0.1) is 0 Å². The molecule has 1 aliphatic heterocycles. The van der Waals surface area contributed by atoms with E-state index in [0.29, 0.717) is 24.5 Å². The summed E-state index contributed by atoms with van der Waals surface area (Å²) in [4.78, 5) is 0.329. The molecule has 0 spiro atoms. The van der Waals surface area contributed by atoms with Crippen LogP contribution in [0.3, 0.4) is 0 Å². The maximum atomic E-state index is 12.3. The lowest BCUT2D eigenvalue weighted by Crippen LogP contribution is -2.42. The summed E-state index contributed by atoms with van der Waals surface area (Å²) in [5.41, 5.74) is 12.2. The van der Waals surface area contributed by atoms with Crippen molar-refractivity contribution < 1.29 is 8.42 Å². The third-order valence-corrected chi connectivity index (χ3v) is 5.21. The summed E-state index contributed by atoms with van der Waals surface area (Å²) in [5, 5.41) is 0. The Morgan fingerprint density at radius 3 is 2.22 bits per heavy atom. The Balaban J connectivity index is 2.19. The van der Waals surface area contributed by atoms with Crippen molar-refractivity contribution in [3.63, 3.8) is 0 Å². The molecule has 1 heterocycles. The smallest absolute Gasteiger partial charge is 0.243 e. The molecule has 2 rings (SSSR count). The third-order valence-electron chi connectivity index (χ3n) is 3.30. The molecule has 1 saturated heterocycles. The number of sulfonamides is 1. The molecule has 4 N–H and O–H groups in total. The van der Waals surface area contributed by atoms with Gasteiger partial charge in [0.2, 0.25) is 10.0 Å². The minimum Gasteiger partial charge on any atom is -0.328 e. The largest absolute Gasteiger partial charge is 0.328 e. The zero-order valence-electron chi connectivity index (χ0n) is 10.2. The van der Waals surface area contributed by atoms with Gasteiger partial charge in [0.25, 0.3) is 0 Å². The SMILES string of the molecule is NCc1ccc(S(=O)(=O)N2CCC(N)CC2)cc1. The Hall–Kier alpha value is -0.950. The summed E-state index contributed by atoms with van der Waals surface area (Å²) in [6, 6.07) is 6.86. The summed E-state index contributed by atoms with van der Waals surface area (Å²) in [7, 11) is -3.37. The monoisotopic (exact) mass is 269 g/mol. The second kappa shape index (κ2) is 5.36. The van der Waals surface area contributed by atoms with Gasteiger partial charge in [-0.2, -0.15) is 4.31 Å². The highest BCUT2D eigenvalue weighted by Crippen LogP contribution is 2.20. The average molecular weight is 269 g/mol. The molecular formula is C12H19N3O2S. The van der Waals surface area contributed by atoms with Crippen LogP contribution in [0.2, 0.25) is 0 Å². The van der Waals surface area contributed by atoms with E-state index < -0.39 is 10.0 Å². The molecule has 6 heteroatoms. The minimum atomic E-state index is -3.37. The molecule has 0 aromatic heterocycles. The molecule has 0 aliphatic carbocycles. The molecule has 18 heavy (non-hydrogen) atoms. The fourth-order valence-electron chi connectivity index (χ4n) is 2.06. The highest BCUT2D eigenvalue weighted by Gasteiger charge is 2.27. The maximum absolute atomic E-state index is 12.3. The summed E-state index contributed by atoms with van der Waals surface area (Å²) in [5.74, 6) is 0. The molecule has 100 valence electrons. The lowest BCUT2D eigenvalue weighted by molar-refractivity contribution is 0.320. The minimum absolute atomic E-state index is 0.121. The van der Waals surface area contributed by atoms with E-state index in [0.717, 1.165) is 18.4 Å². The second-order valence-electron chi connectivity index (χ2n) is 4.59. The molecule has 1 fully saturated rings. The van der Waals surface area contributed by atoms with Gasteiger partial charge >= 0.3 is 0 Å². The predicted octanol–water partition coefficient (Wildman–Crippen LogP) is 0.257. The van der Waals surface area contributed by atoms with Gasteiger partial charge in [0.1, 0.15) is 0 Å². The van der Waals surface area contributed by atoms with E-state index in [4.69, 9.17) is 11.5 Å². The van der Waals surface area contributed by atoms with Crippen molar-refractivity contribution in [1.82, 2.24) is 4.31 Å². The van der Waals surface area contributed by atoms with Crippen molar-refractivity contribution in [2.75, 3.05) is 13.1 Å². The van der Waals surface area contributed by atoms with Crippen LogP contribution in [0.4, 0.5) is 0 Å². The number of nitrogens with zero attached hydrogens (tertiary/aromatic N) is 1. The summed E-state index contributed by atoms with van der Waals surface area (Å²) in [6.45, 7) is 1.42. The van der Waals surface area contributed by atoms with Gasteiger partial charge in [0.15, 0.2) is 0 Å². The molecule has 1 aromatic carbocycles. The van der Waals surface area contributed by atoms with E-state index >= 15 is 0 Å². The standard InChI is InChI=1S/C12H19N3O2S/c13-9-10-1-3-12(4-2-10)18(16,17)15-7-5-11(14)6-8-15/h1-4,11H,5-9,13-14H2. The molecular weight excluding hydrogens is 250 g/mol. The molecule has 0 unspecified atom stereocenters. The van der Waals surface area contributed by atoms with Crippen molar-refractivity contribution in [3.05, 3.63) is 29.8 Å². The van der Waals surface area contributed by atoms with Crippen molar-refractivity contribution >= 4 is 10.0 Å². The Bertz CT molecular complexity index is 491. The molecule has 1 aliphatic rings. The van der Waals surface area contributed by atoms with Crippen LogP contribution in [0.15, 0.2) is 29.2 Å². The second-order valence-corrected chi connectivity index (χ2v) is 6.53. The molecule has 5 nitrogen and oxygen atoms in total. The number of hydrogen-bond acceptors (Lipinski definition) is 4. The van der Waals surface area contributed by atoms with Gasteiger partial charge < -0.3 is 11.5 Å². The average Bonchev–Trinajstić information content (AvgIpc) is 2.39. The third kappa shape index (κ3) is 2.72. The Kier molecular flexibility index (Phi) is 4.01. The highest BCUT2D eigenvalue weighted by molar-refractivity contribution is 7.89. The van der Waals surface area contributed by atoms with Crippen LogP contribution in [0.5, 0.6) is 0 Å². The lowest BCUT2D eigenvalue weighted by atomic mass is 10.1. The van der Waals surface area contributed by atoms with Crippen LogP contribution in [-0.4, -0.2) is 31.9 Å². The Labute approximate surface area is 108 Å². The van der Waals surface area contributed by atoms with E-state index in [1.165, 1.54) is 4.31 Å². The fraction of sp³-hybridized carbons (Fsp3) is 0.500. The first-order chi connectivity index (χ1) is 8.54. The molecule has 0 radical (unpaired) electrons. The Morgan fingerprint density at radius 1 is 1.17 bits per heavy atom. The summed E-state index contributed by atoms with van der Waals surface area (Å²) in [6.07, 6.45) is 1.44. The van der Waals surface area contributed by atoms with Gasteiger partial charge in [-0.25, -0.2) is 8.42 Å². The molecule has 0 atom stereocenters. The molecule has 0 amide bonds. The van der Waals surface area contributed by atoms with Crippen molar-refractivity contribution in [3.8, 4) is 0 Å². The van der Waals surface area contributed by atoms with E-state index in [2.05, 4.69) is 0 Å². The van der Waals surface area contributed by atoms with Crippen molar-refractivity contribution in [2.45, 2.75) is 30.3 Å². The first-order valence-corrected chi connectivity index (χ1v) is 7.53. The van der Waals surface area contributed by atoms with E-state index in [-0.39, 0.29) is 6.04 Å². The van der Waals surface area contributed by atoms with Crippen molar-refractivity contribution in [1.29, 1.82) is 0 Å². The van der Waals surface area contributed by atoms with E-state index in [1.54, 1.807) is 24.3 Å². The number of piperidine rings is 1. The highest BCUT2D eigenvalue weighted by atomic mass is 32.2. The summed E-state index contributed by atoms with van der Waals surface area (Å²) >= 11 is 0. The quantitative estimate of drug-likeness (QED) is 0.823. The molecule has 0 saturated carbocycles. The topological polar surface area (TPSA) is 89.4 Å². The van der Waals surface area contributed by atoms with E-state index in [1.807, 2.05) is 0 Å². The van der Waals surface area contributed by atoms with Gasteiger partial charge in [-0.15, -0.1) is 0 Å². The van der Waals surface area contributed by atoms with Crippen LogP contribution >= 0.6 is 0 Å². The summed E-state index contributed by atoms with van der Waals surface area (Å²) < 4.78 is 26.2. The first kappa shape index (κ1) is 13.5. The van der Waals surface area contributed by atoms with Crippen LogP contribution in [-0.2, 0) is 16.6 Å². The normalized spacial score (nSPS) is 19.0. The van der Waals surface area contributed by atoms with Crippen molar-refractivity contribution in [2.24, 2.45) is 11.5 Å². The fourth-order valence-corrected chi connectivity index (χ4v) is 3.53. The lowest BCUT2D eigenvalue weighted by Gasteiger charge is -2.29. The number of benzene rings is 1. The van der Waals surface area contributed by atoms with Gasteiger partial charge in [0, 0.05) is 25.7 Å². The van der Waals surface area contributed by atoms with Gasteiger partial charge in [-0.1, -0.05) is 12.1 Å². The van der Waals surface area contributed by atoms with Gasteiger partial charge in [0.05, 0.1) is 4.90 Å². The number of nitrogens with two attached hydrogens (primary N) is 2. The van der Waals surface area contributed by atoms with Gasteiger partial charge in [-0.05, 0) is 30.5 Å². The predicted molar refractivity (Wildman–Crippen MR) is 70.3 cm³/mol. The van der Waals surface area contributed by atoms with Crippen LogP contribution < -0.4 is 11.5 Å².